The molecule has 46 heavy (non-hydrogen) atoms. The molecule has 0 saturated heterocycles. The number of rotatable bonds is 11. The highest BCUT2D eigenvalue weighted by atomic mass is 16.4. The molecule has 2 aliphatic heterocycles. The minimum atomic E-state index is -0.887. The predicted octanol–water partition coefficient (Wildman–Crippen LogP) is 7.79. The number of hydrogen-bond acceptors (Lipinski definition) is 5. The van der Waals surface area contributed by atoms with Crippen molar-refractivity contribution in [1.29, 1.82) is 0 Å². The highest BCUT2D eigenvalue weighted by Crippen LogP contribution is 2.38. The summed E-state index contributed by atoms with van der Waals surface area (Å²) in [6.45, 7) is 18.5. The van der Waals surface area contributed by atoms with Gasteiger partial charge in [-0.25, -0.2) is 9.97 Å². The Bertz CT molecular complexity index is 2010. The third kappa shape index (κ3) is 6.23. The number of carbonyl (C=O) groups is 2. The molecule has 3 aromatic heterocycles. The number of carboxylic acids is 2. The Hall–Kier alpha value is -5.02. The van der Waals surface area contributed by atoms with Crippen LogP contribution in [-0.4, -0.2) is 54.7 Å². The minimum Gasteiger partial charge on any atom is -0.481 e. The molecular formula is C37H41N5O4. The lowest BCUT2D eigenvalue weighted by atomic mass is 9.98. The van der Waals surface area contributed by atoms with Crippen LogP contribution in [0.4, 0.5) is 0 Å². The highest BCUT2D eigenvalue weighted by Gasteiger charge is 2.22. The summed E-state index contributed by atoms with van der Waals surface area (Å²) in [6.07, 6.45) is 5.41. The van der Waals surface area contributed by atoms with Crippen molar-refractivity contribution in [2.24, 2.45) is 0 Å². The molecule has 5 N–H and O–H groups in total. The Morgan fingerprint density at radius 1 is 0.783 bits per heavy atom. The number of aromatic nitrogens is 4. The zero-order chi connectivity index (χ0) is 33.3. The van der Waals surface area contributed by atoms with Crippen LogP contribution < -0.4 is 5.32 Å². The van der Waals surface area contributed by atoms with Gasteiger partial charge in [0.05, 0.1) is 22.8 Å². The minimum absolute atomic E-state index is 0.0144. The second-order valence-electron chi connectivity index (χ2n) is 12.0. The van der Waals surface area contributed by atoms with E-state index >= 15 is 0 Å². The second-order valence-corrected chi connectivity index (χ2v) is 12.0. The summed E-state index contributed by atoms with van der Waals surface area (Å²) in [5.41, 5.74) is 14.7. The molecule has 0 aromatic carbocycles. The number of allylic oxidation sites excluding steroid dienone is 4. The van der Waals surface area contributed by atoms with E-state index in [9.17, 15) is 19.8 Å². The van der Waals surface area contributed by atoms with E-state index in [-0.39, 0.29) is 6.42 Å². The molecule has 5 rings (SSSR count). The van der Waals surface area contributed by atoms with Crippen molar-refractivity contribution < 1.29 is 19.8 Å². The van der Waals surface area contributed by atoms with Gasteiger partial charge in [-0.2, -0.15) is 0 Å². The van der Waals surface area contributed by atoms with E-state index in [0.717, 1.165) is 83.7 Å². The van der Waals surface area contributed by atoms with E-state index < -0.39 is 18.0 Å². The van der Waals surface area contributed by atoms with E-state index in [1.54, 1.807) is 6.92 Å². The lowest BCUT2D eigenvalue weighted by molar-refractivity contribution is -0.139. The average molecular weight is 620 g/mol. The molecule has 3 aromatic rings. The van der Waals surface area contributed by atoms with Crippen LogP contribution in [0.5, 0.6) is 0 Å². The lowest BCUT2D eigenvalue weighted by Crippen LogP contribution is -2.34. The molecule has 0 unspecified atom stereocenters. The third-order valence-corrected chi connectivity index (χ3v) is 9.05. The van der Waals surface area contributed by atoms with E-state index in [2.05, 4.69) is 48.4 Å². The van der Waals surface area contributed by atoms with Gasteiger partial charge < -0.3 is 25.5 Å². The van der Waals surface area contributed by atoms with Crippen molar-refractivity contribution in [1.82, 2.24) is 25.3 Å². The molecular weight excluding hydrogens is 578 g/mol. The Kier molecular flexibility index (Phi) is 9.25. The van der Waals surface area contributed by atoms with Crippen LogP contribution in [-0.2, 0) is 9.59 Å². The number of nitrogens with one attached hydrogen (secondary N) is 3. The quantitative estimate of drug-likeness (QED) is 0.138. The number of fused-ring (bicyclic) bond motifs is 8. The van der Waals surface area contributed by atoms with Gasteiger partial charge in [-0.05, 0) is 118 Å². The number of aromatic amines is 2. The summed E-state index contributed by atoms with van der Waals surface area (Å²) in [5, 5.41) is 21.9. The molecule has 5 heterocycles. The standard InChI is InChI=1S/C37H41N5O4/c1-8-24-19(3)28-15-29-22(6)27(12-13-36(43)44)35(41-29)18-34-26(11-10-14-38-23(7)37(45)46)21(5)31(42-34)17-33-25(9-2)20(4)30(40-33)16-32(24)39-28/h8-9,15-18,23,38-40H,1-2,10-14H2,3-7H3,(H,43,44)(H,45,46)/t23-/m0/s1. The molecule has 1 atom stereocenters. The smallest absolute Gasteiger partial charge is 0.320 e. The van der Waals surface area contributed by atoms with Crippen molar-refractivity contribution in [2.45, 2.75) is 66.3 Å². The van der Waals surface area contributed by atoms with E-state index in [4.69, 9.17) is 9.97 Å². The van der Waals surface area contributed by atoms with Gasteiger partial charge in [0.2, 0.25) is 0 Å². The maximum absolute atomic E-state index is 11.6. The average Bonchev–Trinajstić information content (AvgIpc) is 3.67. The molecule has 0 amide bonds. The van der Waals surface area contributed by atoms with Crippen LogP contribution in [0.25, 0.3) is 56.5 Å². The maximum Gasteiger partial charge on any atom is 0.320 e. The summed E-state index contributed by atoms with van der Waals surface area (Å²) in [5.74, 6) is -1.75. The highest BCUT2D eigenvalue weighted by molar-refractivity contribution is 5.96. The fraction of sp³-hybridized carbons (Fsp3) is 0.297. The van der Waals surface area contributed by atoms with E-state index in [1.165, 1.54) is 0 Å². The Morgan fingerprint density at radius 2 is 1.28 bits per heavy atom. The van der Waals surface area contributed by atoms with Gasteiger partial charge in [-0.3, -0.25) is 9.59 Å². The van der Waals surface area contributed by atoms with E-state index in [0.29, 0.717) is 31.5 Å². The molecule has 238 valence electrons. The van der Waals surface area contributed by atoms with Gasteiger partial charge in [0.1, 0.15) is 6.04 Å². The van der Waals surface area contributed by atoms with Crippen LogP contribution in [0, 0.1) is 13.8 Å². The van der Waals surface area contributed by atoms with Gasteiger partial charge in [0, 0.05) is 39.6 Å². The van der Waals surface area contributed by atoms with Gasteiger partial charge in [-0.1, -0.05) is 25.3 Å². The van der Waals surface area contributed by atoms with Crippen molar-refractivity contribution in [2.75, 3.05) is 6.54 Å². The lowest BCUT2D eigenvalue weighted by Gasteiger charge is -2.10. The second kappa shape index (κ2) is 13.1. The third-order valence-electron chi connectivity index (χ3n) is 9.05. The molecule has 0 aliphatic carbocycles. The molecule has 0 radical (unpaired) electrons. The first kappa shape index (κ1) is 32.4. The molecule has 2 aliphatic rings. The van der Waals surface area contributed by atoms with E-state index in [1.807, 2.05) is 44.2 Å². The van der Waals surface area contributed by atoms with Crippen LogP contribution in [0.3, 0.4) is 0 Å². The van der Waals surface area contributed by atoms with Crippen LogP contribution >= 0.6 is 0 Å². The molecule has 8 bridgehead atoms. The predicted molar refractivity (Wildman–Crippen MR) is 187 cm³/mol. The molecule has 0 saturated carbocycles. The molecule has 0 spiro atoms. The number of aryl methyl sites for hydroxylation is 2. The Labute approximate surface area is 268 Å². The normalized spacial score (nSPS) is 13.7. The van der Waals surface area contributed by atoms with Gasteiger partial charge in [0.25, 0.3) is 0 Å². The zero-order valence-corrected chi connectivity index (χ0v) is 27.1. The Morgan fingerprint density at radius 3 is 1.80 bits per heavy atom. The first-order chi connectivity index (χ1) is 21.9. The van der Waals surface area contributed by atoms with Crippen molar-refractivity contribution in [3.63, 3.8) is 0 Å². The maximum atomic E-state index is 11.6. The van der Waals surface area contributed by atoms with Crippen molar-refractivity contribution in [3.05, 3.63) is 82.5 Å². The molecule has 0 fully saturated rings. The fourth-order valence-corrected chi connectivity index (χ4v) is 6.21. The summed E-state index contributed by atoms with van der Waals surface area (Å²) < 4.78 is 0. The molecule has 9 heteroatoms. The van der Waals surface area contributed by atoms with Crippen LogP contribution in [0.15, 0.2) is 37.4 Å². The largest absolute Gasteiger partial charge is 0.481 e. The Balaban J connectivity index is 1.80. The summed E-state index contributed by atoms with van der Waals surface area (Å²) in [4.78, 5) is 40.2. The fourth-order valence-electron chi connectivity index (χ4n) is 6.21. The van der Waals surface area contributed by atoms with Gasteiger partial charge in [-0.15, -0.1) is 0 Å². The number of hydrogen-bond donors (Lipinski definition) is 5. The summed E-state index contributed by atoms with van der Waals surface area (Å²) in [6, 6.07) is 7.48. The first-order valence-corrected chi connectivity index (χ1v) is 15.5. The summed E-state index contributed by atoms with van der Waals surface area (Å²) in [7, 11) is 0. The SMILES string of the molecule is C=Cc1c(C)c2cc3[nH]c(cc4nc(cc5nc(cc1[nH]2)C(C)=C5CCCN[C@@H](C)C(=O)O)C(CCC(=O)O)=C4C)c(C)c3C=C. The summed E-state index contributed by atoms with van der Waals surface area (Å²) >= 11 is 0. The topological polar surface area (TPSA) is 144 Å². The first-order valence-electron chi connectivity index (χ1n) is 15.5. The van der Waals surface area contributed by atoms with Crippen molar-refractivity contribution >= 4 is 68.4 Å². The molecule has 9 nitrogen and oxygen atoms in total. The number of aliphatic carboxylic acids is 2. The van der Waals surface area contributed by atoms with Gasteiger partial charge in [0.15, 0.2) is 0 Å². The van der Waals surface area contributed by atoms with Crippen LogP contribution in [0.1, 0.15) is 91.5 Å². The number of nitrogens with zero attached hydrogens (tertiary/aromatic N) is 2. The number of carboxylic acid groups (broad SMARTS) is 2. The van der Waals surface area contributed by atoms with Crippen LogP contribution in [0.2, 0.25) is 0 Å². The van der Waals surface area contributed by atoms with Crippen molar-refractivity contribution in [3.8, 4) is 0 Å². The van der Waals surface area contributed by atoms with Gasteiger partial charge >= 0.3 is 11.9 Å². The monoisotopic (exact) mass is 619 g/mol. The number of H-pyrrole nitrogens is 2. The zero-order valence-electron chi connectivity index (χ0n) is 27.1.